The van der Waals surface area contributed by atoms with E-state index >= 15 is 0 Å². The van der Waals surface area contributed by atoms with E-state index in [0.717, 1.165) is 5.69 Å². The van der Waals surface area contributed by atoms with Gasteiger partial charge in [-0.3, -0.25) is 9.69 Å². The Morgan fingerprint density at radius 3 is 2.48 bits per heavy atom. The quantitative estimate of drug-likeness (QED) is 0.586. The van der Waals surface area contributed by atoms with Crippen molar-refractivity contribution in [3.8, 4) is 5.69 Å². The molecule has 31 heavy (non-hydrogen) atoms. The molecule has 1 aromatic heterocycles. The normalized spacial score (nSPS) is 13.6. The fourth-order valence-corrected chi connectivity index (χ4v) is 3.57. The molecular formula is C22H19ClFN5O2. The van der Waals surface area contributed by atoms with Crippen LogP contribution in [0.1, 0.15) is 11.3 Å². The van der Waals surface area contributed by atoms with Crippen molar-refractivity contribution >= 4 is 41.0 Å². The van der Waals surface area contributed by atoms with Gasteiger partial charge in [-0.15, -0.1) is 0 Å². The molecule has 1 fully saturated rings. The second-order valence-electron chi connectivity index (χ2n) is 6.93. The van der Waals surface area contributed by atoms with E-state index in [9.17, 15) is 14.0 Å². The summed E-state index contributed by atoms with van der Waals surface area (Å²) in [5.74, 6) is -0.686. The molecule has 4 rings (SSSR count). The molecule has 0 atom stereocenters. The summed E-state index contributed by atoms with van der Waals surface area (Å²) in [6, 6.07) is 12.7. The fraction of sp³-hybridized carbons (Fsp3) is 0.136. The fourth-order valence-electron chi connectivity index (χ4n) is 3.24. The van der Waals surface area contributed by atoms with Crippen molar-refractivity contribution in [3.63, 3.8) is 0 Å². The molecule has 1 aliphatic heterocycles. The number of hydrogen-bond acceptors (Lipinski definition) is 3. The Hall–Kier alpha value is -3.65. The van der Waals surface area contributed by atoms with Crippen molar-refractivity contribution in [1.29, 1.82) is 0 Å². The Morgan fingerprint density at radius 2 is 1.84 bits per heavy atom. The Balaban J connectivity index is 1.44. The standard InChI is InChI=1S/C22H19ClFN5O2/c1-14-19(21(23)29(27-14)18-6-2-15(24)3-7-18)10-11-20(30)26-16-4-8-17(9-5-16)28-13-12-25-22(28)31/h2-11H,12-13H2,1H3,(H,25,31)(H,26,30)/b11-10+. The number of urea groups is 1. The first-order chi connectivity index (χ1) is 14.9. The number of carbonyl (C=O) groups is 2. The molecule has 0 spiro atoms. The highest BCUT2D eigenvalue weighted by atomic mass is 35.5. The maximum atomic E-state index is 13.2. The Bertz CT molecular complexity index is 1160. The molecule has 0 unspecified atom stereocenters. The molecule has 9 heteroatoms. The molecule has 158 valence electrons. The van der Waals surface area contributed by atoms with Crippen LogP contribution in [-0.2, 0) is 4.79 Å². The van der Waals surface area contributed by atoms with Crippen LogP contribution in [-0.4, -0.2) is 34.8 Å². The van der Waals surface area contributed by atoms with Crippen molar-refractivity contribution in [1.82, 2.24) is 15.1 Å². The minimum absolute atomic E-state index is 0.131. The highest BCUT2D eigenvalue weighted by Gasteiger charge is 2.20. The number of aryl methyl sites for hydroxylation is 1. The lowest BCUT2D eigenvalue weighted by Gasteiger charge is -2.14. The molecule has 2 heterocycles. The molecule has 0 bridgehead atoms. The lowest BCUT2D eigenvalue weighted by atomic mass is 10.2. The van der Waals surface area contributed by atoms with Crippen LogP contribution < -0.4 is 15.5 Å². The predicted molar refractivity (Wildman–Crippen MR) is 118 cm³/mol. The third-order valence-electron chi connectivity index (χ3n) is 4.82. The van der Waals surface area contributed by atoms with Gasteiger partial charge in [-0.05, 0) is 61.5 Å². The number of halogens is 2. The van der Waals surface area contributed by atoms with Gasteiger partial charge in [-0.2, -0.15) is 5.10 Å². The summed E-state index contributed by atoms with van der Waals surface area (Å²) < 4.78 is 14.6. The third-order valence-corrected chi connectivity index (χ3v) is 5.19. The molecule has 0 radical (unpaired) electrons. The lowest BCUT2D eigenvalue weighted by Crippen LogP contribution is -2.27. The van der Waals surface area contributed by atoms with Crippen LogP contribution in [0, 0.1) is 12.7 Å². The van der Waals surface area contributed by atoms with Crippen molar-refractivity contribution in [3.05, 3.63) is 76.8 Å². The molecule has 0 aliphatic carbocycles. The summed E-state index contributed by atoms with van der Waals surface area (Å²) in [5, 5.41) is 10.2. The van der Waals surface area contributed by atoms with Crippen molar-refractivity contribution in [2.75, 3.05) is 23.3 Å². The maximum absolute atomic E-state index is 13.2. The van der Waals surface area contributed by atoms with Crippen LogP contribution in [0.25, 0.3) is 11.8 Å². The number of carbonyl (C=O) groups excluding carboxylic acids is 2. The van der Waals surface area contributed by atoms with Gasteiger partial charge in [0.1, 0.15) is 11.0 Å². The van der Waals surface area contributed by atoms with Crippen LogP contribution in [0.5, 0.6) is 0 Å². The van der Waals surface area contributed by atoms with E-state index < -0.39 is 0 Å². The monoisotopic (exact) mass is 439 g/mol. The summed E-state index contributed by atoms with van der Waals surface area (Å²) in [6.07, 6.45) is 2.95. The summed E-state index contributed by atoms with van der Waals surface area (Å²) in [7, 11) is 0. The van der Waals surface area contributed by atoms with E-state index in [0.29, 0.717) is 40.9 Å². The smallest absolute Gasteiger partial charge is 0.321 e. The van der Waals surface area contributed by atoms with Crippen LogP contribution in [0.2, 0.25) is 5.15 Å². The van der Waals surface area contributed by atoms with E-state index in [4.69, 9.17) is 11.6 Å². The lowest BCUT2D eigenvalue weighted by molar-refractivity contribution is -0.111. The number of aromatic nitrogens is 2. The van der Waals surface area contributed by atoms with Gasteiger partial charge < -0.3 is 10.6 Å². The van der Waals surface area contributed by atoms with Gasteiger partial charge in [-0.25, -0.2) is 13.9 Å². The molecule has 0 saturated carbocycles. The molecular weight excluding hydrogens is 421 g/mol. The zero-order valence-corrected chi connectivity index (χ0v) is 17.4. The number of rotatable bonds is 5. The highest BCUT2D eigenvalue weighted by Crippen LogP contribution is 2.25. The average Bonchev–Trinajstić information content (AvgIpc) is 3.30. The summed E-state index contributed by atoms with van der Waals surface area (Å²) in [4.78, 5) is 25.7. The molecule has 3 amide bonds. The van der Waals surface area contributed by atoms with E-state index in [1.165, 1.54) is 22.9 Å². The van der Waals surface area contributed by atoms with Gasteiger partial charge in [0.2, 0.25) is 5.91 Å². The van der Waals surface area contributed by atoms with Crippen LogP contribution >= 0.6 is 11.6 Å². The minimum Gasteiger partial charge on any atom is -0.336 e. The average molecular weight is 440 g/mol. The van der Waals surface area contributed by atoms with Gasteiger partial charge in [0.15, 0.2) is 0 Å². The topological polar surface area (TPSA) is 79.3 Å². The van der Waals surface area contributed by atoms with Gasteiger partial charge in [0.05, 0.1) is 11.4 Å². The predicted octanol–water partition coefficient (Wildman–Crippen LogP) is 4.15. The Kier molecular flexibility index (Phi) is 5.73. The first kappa shape index (κ1) is 20.6. The Labute approximate surface area is 183 Å². The largest absolute Gasteiger partial charge is 0.336 e. The van der Waals surface area contributed by atoms with E-state index in [2.05, 4.69) is 15.7 Å². The second kappa shape index (κ2) is 8.61. The summed E-state index contributed by atoms with van der Waals surface area (Å²) >= 11 is 6.43. The molecule has 3 aromatic rings. The summed E-state index contributed by atoms with van der Waals surface area (Å²) in [5.41, 5.74) is 3.20. The van der Waals surface area contributed by atoms with E-state index in [1.54, 1.807) is 54.3 Å². The number of hydrogen-bond donors (Lipinski definition) is 2. The number of benzene rings is 2. The first-order valence-corrected chi connectivity index (χ1v) is 9.96. The van der Waals surface area contributed by atoms with Gasteiger partial charge in [0, 0.05) is 36.1 Å². The van der Waals surface area contributed by atoms with Crippen molar-refractivity contribution in [2.45, 2.75) is 6.92 Å². The number of nitrogens with zero attached hydrogens (tertiary/aromatic N) is 3. The van der Waals surface area contributed by atoms with Crippen molar-refractivity contribution < 1.29 is 14.0 Å². The van der Waals surface area contributed by atoms with Crippen LogP contribution in [0.15, 0.2) is 54.6 Å². The molecule has 1 aliphatic rings. The third kappa shape index (κ3) is 4.44. The second-order valence-corrected chi connectivity index (χ2v) is 7.29. The summed E-state index contributed by atoms with van der Waals surface area (Å²) in [6.45, 7) is 3.00. The maximum Gasteiger partial charge on any atom is 0.321 e. The molecule has 2 aromatic carbocycles. The molecule has 2 N–H and O–H groups in total. The molecule has 7 nitrogen and oxygen atoms in total. The van der Waals surface area contributed by atoms with Crippen LogP contribution in [0.3, 0.4) is 0 Å². The van der Waals surface area contributed by atoms with Gasteiger partial charge >= 0.3 is 6.03 Å². The van der Waals surface area contributed by atoms with E-state index in [1.807, 2.05) is 0 Å². The number of nitrogens with one attached hydrogen (secondary N) is 2. The SMILES string of the molecule is Cc1nn(-c2ccc(F)cc2)c(Cl)c1/C=C/C(=O)Nc1ccc(N2CCNC2=O)cc1. The number of anilines is 2. The zero-order valence-electron chi connectivity index (χ0n) is 16.6. The van der Waals surface area contributed by atoms with Crippen LogP contribution in [0.4, 0.5) is 20.6 Å². The van der Waals surface area contributed by atoms with E-state index in [-0.39, 0.29) is 17.8 Å². The Morgan fingerprint density at radius 1 is 1.16 bits per heavy atom. The van der Waals surface area contributed by atoms with Crippen molar-refractivity contribution in [2.24, 2.45) is 0 Å². The molecule has 1 saturated heterocycles. The van der Waals surface area contributed by atoms with Gasteiger partial charge in [0.25, 0.3) is 0 Å². The number of amides is 3. The highest BCUT2D eigenvalue weighted by molar-refractivity contribution is 6.31. The van der Waals surface area contributed by atoms with Gasteiger partial charge in [-0.1, -0.05) is 11.6 Å². The zero-order chi connectivity index (χ0) is 22.0. The first-order valence-electron chi connectivity index (χ1n) is 9.58. The minimum atomic E-state index is -0.350.